The van der Waals surface area contributed by atoms with E-state index in [9.17, 15) is 4.79 Å². The lowest BCUT2D eigenvalue weighted by Gasteiger charge is -2.09. The van der Waals surface area contributed by atoms with Crippen LogP contribution in [0.5, 0.6) is 0 Å². The summed E-state index contributed by atoms with van der Waals surface area (Å²) >= 11 is 3.43. The first-order chi connectivity index (χ1) is 10.8. The number of amides is 1. The van der Waals surface area contributed by atoms with Gasteiger partial charge in [0.2, 0.25) is 5.91 Å². The summed E-state index contributed by atoms with van der Waals surface area (Å²) in [5.74, 6) is 1.85. The van der Waals surface area contributed by atoms with Crippen LogP contribution in [-0.2, 0) is 11.2 Å². The van der Waals surface area contributed by atoms with Crippen LogP contribution in [0.15, 0.2) is 29.9 Å². The van der Waals surface area contributed by atoms with Crippen LogP contribution in [0, 0.1) is 0 Å². The van der Waals surface area contributed by atoms with Crippen molar-refractivity contribution in [2.75, 3.05) is 18.2 Å². The van der Waals surface area contributed by atoms with Crippen molar-refractivity contribution in [2.24, 2.45) is 0 Å². The zero-order chi connectivity index (χ0) is 15.2. The summed E-state index contributed by atoms with van der Waals surface area (Å²) in [6.45, 7) is 0.700. The minimum Gasteiger partial charge on any atom is -0.355 e. The molecule has 1 aliphatic heterocycles. The van der Waals surface area contributed by atoms with Gasteiger partial charge in [-0.2, -0.15) is 0 Å². The first kappa shape index (κ1) is 21.2. The molecule has 2 N–H and O–H groups in total. The highest BCUT2D eigenvalue weighted by atomic mass is 35.5. The Kier molecular flexibility index (Phi) is 9.61. The zero-order valence-corrected chi connectivity index (χ0v) is 16.2. The summed E-state index contributed by atoms with van der Waals surface area (Å²) in [4.78, 5) is 20.5. The van der Waals surface area contributed by atoms with E-state index in [0.717, 1.165) is 40.7 Å². The molecule has 1 unspecified atom stereocenters. The summed E-state index contributed by atoms with van der Waals surface area (Å²) in [6.07, 6.45) is 5.36. The van der Waals surface area contributed by atoms with Crippen LogP contribution in [0.25, 0.3) is 11.3 Å². The topological polar surface area (TPSA) is 66.9 Å². The molecule has 2 aromatic heterocycles. The summed E-state index contributed by atoms with van der Waals surface area (Å²) in [5.41, 5.74) is 2.09. The highest BCUT2D eigenvalue weighted by Gasteiger charge is 2.21. The number of hydrogen-bond acceptors (Lipinski definition) is 6. The smallest absolute Gasteiger partial charge is 0.238 e. The lowest BCUT2D eigenvalue weighted by atomic mass is 10.2. The van der Waals surface area contributed by atoms with Gasteiger partial charge in [-0.05, 0) is 18.6 Å². The Hall–Kier alpha value is -0.860. The summed E-state index contributed by atoms with van der Waals surface area (Å²) in [7, 11) is 0. The Labute approximate surface area is 162 Å². The van der Waals surface area contributed by atoms with Crippen molar-refractivity contribution in [1.29, 1.82) is 0 Å². The van der Waals surface area contributed by atoms with Crippen molar-refractivity contribution in [2.45, 2.75) is 18.9 Å². The van der Waals surface area contributed by atoms with Crippen molar-refractivity contribution in [1.82, 2.24) is 20.6 Å². The van der Waals surface area contributed by atoms with Gasteiger partial charge in [0.15, 0.2) is 0 Å². The molecule has 0 aliphatic carbocycles. The second kappa shape index (κ2) is 10.9. The van der Waals surface area contributed by atoms with Crippen LogP contribution in [0.1, 0.15) is 11.4 Å². The molecule has 0 spiro atoms. The molecule has 1 aliphatic rings. The normalized spacial score (nSPS) is 16.1. The lowest BCUT2D eigenvalue weighted by Crippen LogP contribution is -2.42. The van der Waals surface area contributed by atoms with E-state index in [-0.39, 0.29) is 36.8 Å². The second-order valence-electron chi connectivity index (χ2n) is 5.03. The Morgan fingerprint density at radius 2 is 2.12 bits per heavy atom. The van der Waals surface area contributed by atoms with E-state index in [1.807, 2.05) is 12.1 Å². The van der Waals surface area contributed by atoms with Gasteiger partial charge in [0, 0.05) is 47.9 Å². The molecular formula is C15H20Cl2N4OS2. The highest BCUT2D eigenvalue weighted by Crippen LogP contribution is 2.21. The summed E-state index contributed by atoms with van der Waals surface area (Å²) in [6, 6.07) is 3.90. The SMILES string of the molecule is Cl.Cl.O=C(NCCCc1nc(-c2ccncc2)cs1)C1CSCN1. The molecule has 1 amide bonds. The summed E-state index contributed by atoms with van der Waals surface area (Å²) < 4.78 is 0. The monoisotopic (exact) mass is 406 g/mol. The second-order valence-corrected chi connectivity index (χ2v) is 7.00. The highest BCUT2D eigenvalue weighted by molar-refractivity contribution is 7.99. The van der Waals surface area contributed by atoms with Gasteiger partial charge in [-0.25, -0.2) is 4.98 Å². The quantitative estimate of drug-likeness (QED) is 0.721. The number of halogens is 2. The van der Waals surface area contributed by atoms with Crippen LogP contribution in [0.2, 0.25) is 0 Å². The van der Waals surface area contributed by atoms with Crippen LogP contribution in [0.3, 0.4) is 0 Å². The van der Waals surface area contributed by atoms with Crippen molar-refractivity contribution >= 4 is 53.8 Å². The Morgan fingerprint density at radius 3 is 2.83 bits per heavy atom. The fourth-order valence-electron chi connectivity index (χ4n) is 2.22. The zero-order valence-electron chi connectivity index (χ0n) is 12.9. The number of thioether (sulfide) groups is 1. The standard InChI is InChI=1S/C15H18N4OS2.2ClH/c20-15(13-8-21-10-18-13)17-5-1-2-14-19-12(9-22-14)11-3-6-16-7-4-11;;/h3-4,6-7,9,13,18H,1-2,5,8,10H2,(H,17,20);2*1H. The van der Waals surface area contributed by atoms with Crippen LogP contribution in [-0.4, -0.2) is 40.1 Å². The maximum absolute atomic E-state index is 11.8. The fourth-order valence-corrected chi connectivity index (χ4v) is 4.01. The van der Waals surface area contributed by atoms with E-state index in [0.29, 0.717) is 6.54 Å². The average molecular weight is 407 g/mol. The maximum Gasteiger partial charge on any atom is 0.238 e. The number of carbonyl (C=O) groups excluding carboxylic acids is 1. The van der Waals surface area contributed by atoms with Crippen molar-refractivity contribution < 1.29 is 4.79 Å². The Balaban J connectivity index is 0.00000144. The van der Waals surface area contributed by atoms with Gasteiger partial charge >= 0.3 is 0 Å². The van der Waals surface area contributed by atoms with Crippen molar-refractivity contribution in [3.63, 3.8) is 0 Å². The molecule has 1 atom stereocenters. The third kappa shape index (κ3) is 5.89. The average Bonchev–Trinajstić information content (AvgIpc) is 3.24. The third-order valence-electron chi connectivity index (χ3n) is 3.43. The van der Waals surface area contributed by atoms with E-state index in [4.69, 9.17) is 0 Å². The predicted molar refractivity (Wildman–Crippen MR) is 105 cm³/mol. The molecule has 24 heavy (non-hydrogen) atoms. The van der Waals surface area contributed by atoms with Gasteiger partial charge in [0.25, 0.3) is 0 Å². The molecule has 0 saturated carbocycles. The van der Waals surface area contributed by atoms with Crippen LogP contribution in [0.4, 0.5) is 0 Å². The number of nitrogens with one attached hydrogen (secondary N) is 2. The first-order valence-electron chi connectivity index (χ1n) is 7.26. The molecule has 3 rings (SSSR count). The molecule has 0 aromatic carbocycles. The number of hydrogen-bond donors (Lipinski definition) is 2. The minimum atomic E-state index is -0.0249. The fraction of sp³-hybridized carbons (Fsp3) is 0.400. The Morgan fingerprint density at radius 1 is 1.33 bits per heavy atom. The summed E-state index contributed by atoms with van der Waals surface area (Å²) in [5, 5.41) is 9.34. The molecule has 3 heterocycles. The molecule has 9 heteroatoms. The first-order valence-corrected chi connectivity index (χ1v) is 9.30. The van der Waals surface area contributed by atoms with Gasteiger partial charge in [-0.15, -0.1) is 47.9 Å². The lowest BCUT2D eigenvalue weighted by molar-refractivity contribution is -0.122. The molecular weight excluding hydrogens is 387 g/mol. The van der Waals surface area contributed by atoms with E-state index in [2.05, 4.69) is 26.0 Å². The molecule has 0 radical (unpaired) electrons. The van der Waals surface area contributed by atoms with Gasteiger partial charge in [-0.3, -0.25) is 15.1 Å². The van der Waals surface area contributed by atoms with Gasteiger partial charge in [-0.1, -0.05) is 0 Å². The van der Waals surface area contributed by atoms with E-state index in [1.165, 1.54) is 0 Å². The van der Waals surface area contributed by atoms with Gasteiger partial charge < -0.3 is 5.32 Å². The van der Waals surface area contributed by atoms with Crippen LogP contribution >= 0.6 is 47.9 Å². The number of rotatable bonds is 6. The predicted octanol–water partition coefficient (Wildman–Crippen LogP) is 2.76. The van der Waals surface area contributed by atoms with Gasteiger partial charge in [0.05, 0.1) is 16.7 Å². The van der Waals surface area contributed by atoms with Crippen LogP contribution < -0.4 is 10.6 Å². The number of thiazole rings is 1. The largest absolute Gasteiger partial charge is 0.355 e. The molecule has 1 saturated heterocycles. The minimum absolute atomic E-state index is 0. The maximum atomic E-state index is 11.8. The van der Waals surface area contributed by atoms with Gasteiger partial charge in [0.1, 0.15) is 0 Å². The molecule has 1 fully saturated rings. The molecule has 132 valence electrons. The molecule has 5 nitrogen and oxygen atoms in total. The number of nitrogens with zero attached hydrogens (tertiary/aromatic N) is 2. The number of carbonyl (C=O) groups is 1. The van der Waals surface area contributed by atoms with E-state index >= 15 is 0 Å². The molecule has 0 bridgehead atoms. The third-order valence-corrected chi connectivity index (χ3v) is 5.28. The number of pyridine rings is 1. The number of aromatic nitrogens is 2. The van der Waals surface area contributed by atoms with Crippen molar-refractivity contribution in [3.8, 4) is 11.3 Å². The Bertz CT molecular complexity index is 621. The van der Waals surface area contributed by atoms with Crippen molar-refractivity contribution in [3.05, 3.63) is 34.9 Å². The van der Waals surface area contributed by atoms with E-state index in [1.54, 1.807) is 35.5 Å². The van der Waals surface area contributed by atoms with E-state index < -0.39 is 0 Å². The number of aryl methyl sites for hydroxylation is 1. The molecule has 2 aromatic rings.